The fourth-order valence-electron chi connectivity index (χ4n) is 4.57. The van der Waals surface area contributed by atoms with E-state index in [1.54, 1.807) is 0 Å². The minimum atomic E-state index is -0.243. The van der Waals surface area contributed by atoms with Crippen LogP contribution in [-0.4, -0.2) is 68.4 Å². The minimum Gasteiger partial charge on any atom is -0.378 e. The van der Waals surface area contributed by atoms with E-state index < -0.39 is 0 Å². The van der Waals surface area contributed by atoms with Crippen molar-refractivity contribution in [3.8, 4) is 0 Å². The molecule has 0 aliphatic carbocycles. The van der Waals surface area contributed by atoms with E-state index in [9.17, 15) is 9.59 Å². The topological polar surface area (TPSA) is 47.1 Å². The predicted octanol–water partition coefficient (Wildman–Crippen LogP) is 3.29. The molecule has 0 radical (unpaired) electrons. The highest BCUT2D eigenvalue weighted by Gasteiger charge is 2.43. The first-order valence-corrected chi connectivity index (χ1v) is 11.3. The van der Waals surface area contributed by atoms with Crippen LogP contribution in [-0.2, 0) is 9.59 Å². The zero-order chi connectivity index (χ0) is 23.0. The summed E-state index contributed by atoms with van der Waals surface area (Å²) >= 11 is 0. The monoisotopic (exact) mass is 432 g/mol. The molecule has 4 rings (SSSR count). The van der Waals surface area contributed by atoms with Gasteiger partial charge in [0.15, 0.2) is 0 Å². The van der Waals surface area contributed by atoms with Gasteiger partial charge in [-0.15, -0.1) is 0 Å². The van der Waals surface area contributed by atoms with Gasteiger partial charge < -0.3 is 14.7 Å². The van der Waals surface area contributed by atoms with Gasteiger partial charge in [0.1, 0.15) is 5.70 Å². The second-order valence-corrected chi connectivity index (χ2v) is 8.82. The van der Waals surface area contributed by atoms with Crippen LogP contribution in [0, 0.1) is 13.8 Å². The van der Waals surface area contributed by atoms with Gasteiger partial charge in [0.2, 0.25) is 0 Å². The van der Waals surface area contributed by atoms with E-state index in [2.05, 4.69) is 22.8 Å². The van der Waals surface area contributed by atoms with Crippen molar-refractivity contribution < 1.29 is 9.59 Å². The Morgan fingerprint density at radius 3 is 2.09 bits per heavy atom. The molecule has 0 bridgehead atoms. The van der Waals surface area contributed by atoms with E-state index in [1.807, 2.05) is 69.2 Å². The Hall–Kier alpha value is -3.12. The summed E-state index contributed by atoms with van der Waals surface area (Å²) in [5.41, 5.74) is 5.67. The van der Waals surface area contributed by atoms with Crippen LogP contribution in [0.4, 0.5) is 11.4 Å². The third-order valence-corrected chi connectivity index (χ3v) is 6.47. The molecule has 6 heteroatoms. The zero-order valence-electron chi connectivity index (χ0n) is 19.7. The summed E-state index contributed by atoms with van der Waals surface area (Å²) in [5, 5.41) is 0. The van der Waals surface area contributed by atoms with Gasteiger partial charge in [-0.05, 0) is 55.8 Å². The highest BCUT2D eigenvalue weighted by atomic mass is 16.2. The number of carbonyl (C=O) groups is 2. The number of nitrogens with zero attached hydrogens (tertiary/aromatic N) is 4. The number of benzene rings is 2. The van der Waals surface area contributed by atoms with Crippen LogP contribution < -0.4 is 9.80 Å². The molecule has 2 aliphatic rings. The molecule has 168 valence electrons. The second kappa shape index (κ2) is 8.79. The number of hydrogen-bond donors (Lipinski definition) is 0. The molecule has 1 fully saturated rings. The lowest BCUT2D eigenvalue weighted by Crippen LogP contribution is -2.47. The molecule has 2 amide bonds. The Labute approximate surface area is 190 Å². The Morgan fingerprint density at radius 1 is 0.875 bits per heavy atom. The second-order valence-electron chi connectivity index (χ2n) is 8.82. The van der Waals surface area contributed by atoms with Crippen LogP contribution in [0.5, 0.6) is 0 Å². The van der Waals surface area contributed by atoms with Gasteiger partial charge in [0, 0.05) is 46.0 Å². The Bertz CT molecular complexity index is 1060. The summed E-state index contributed by atoms with van der Waals surface area (Å²) in [6.45, 7) is 10.4. The molecule has 2 aliphatic heterocycles. The van der Waals surface area contributed by atoms with Crippen LogP contribution >= 0.6 is 0 Å². The quantitative estimate of drug-likeness (QED) is 0.679. The van der Waals surface area contributed by atoms with Crippen molar-refractivity contribution >= 4 is 28.8 Å². The molecule has 0 atom stereocenters. The number of rotatable bonds is 5. The number of carbonyl (C=O) groups excluding carboxylic acids is 2. The van der Waals surface area contributed by atoms with E-state index in [0.717, 1.165) is 55.1 Å². The van der Waals surface area contributed by atoms with Gasteiger partial charge in [-0.1, -0.05) is 30.7 Å². The van der Waals surface area contributed by atoms with E-state index in [4.69, 9.17) is 0 Å². The molecule has 2 aromatic carbocycles. The van der Waals surface area contributed by atoms with Gasteiger partial charge in [0.05, 0.1) is 11.3 Å². The average molecular weight is 433 g/mol. The van der Waals surface area contributed by atoms with Crippen LogP contribution in [0.15, 0.2) is 48.2 Å². The van der Waals surface area contributed by atoms with Crippen molar-refractivity contribution in [2.45, 2.75) is 20.8 Å². The lowest BCUT2D eigenvalue weighted by Gasteiger charge is -2.36. The van der Waals surface area contributed by atoms with Crippen molar-refractivity contribution in [3.63, 3.8) is 0 Å². The van der Waals surface area contributed by atoms with Crippen LogP contribution in [0.25, 0.3) is 5.57 Å². The number of aryl methyl sites for hydroxylation is 2. The van der Waals surface area contributed by atoms with Crippen molar-refractivity contribution in [2.24, 2.45) is 0 Å². The van der Waals surface area contributed by atoms with Crippen LogP contribution in [0.3, 0.4) is 0 Å². The molecule has 0 unspecified atom stereocenters. The first-order valence-electron chi connectivity index (χ1n) is 11.3. The van der Waals surface area contributed by atoms with E-state index in [1.165, 1.54) is 4.90 Å². The molecule has 1 saturated heterocycles. The first kappa shape index (κ1) is 22.1. The number of imide groups is 1. The largest absolute Gasteiger partial charge is 0.378 e. The fraction of sp³-hybridized carbons (Fsp3) is 0.385. The average Bonchev–Trinajstić information content (AvgIpc) is 3.04. The van der Waals surface area contributed by atoms with Gasteiger partial charge >= 0.3 is 0 Å². The summed E-state index contributed by atoms with van der Waals surface area (Å²) in [6.07, 6.45) is 0. The molecule has 0 saturated carbocycles. The molecule has 0 N–H and O–H groups in total. The number of anilines is 2. The summed E-state index contributed by atoms with van der Waals surface area (Å²) < 4.78 is 0. The van der Waals surface area contributed by atoms with Crippen LogP contribution in [0.1, 0.15) is 23.6 Å². The molecule has 2 heterocycles. The number of amides is 2. The molecule has 0 spiro atoms. The highest BCUT2D eigenvalue weighted by molar-refractivity contribution is 6.45. The zero-order valence-corrected chi connectivity index (χ0v) is 19.7. The standard InChI is InChI=1S/C26H32N4O2/c1-6-28-13-15-29(16-14-28)24-23(22-12-7-18(2)17-19(22)3)25(31)30(26(24)32)21-10-8-20(9-11-21)27(4)5/h7-12,17H,6,13-16H2,1-5H3. The summed E-state index contributed by atoms with van der Waals surface area (Å²) in [5.74, 6) is -0.472. The number of likely N-dealkylation sites (N-methyl/N-ethyl adjacent to an activating group) is 1. The smallest absolute Gasteiger partial charge is 0.282 e. The lowest BCUT2D eigenvalue weighted by atomic mass is 9.97. The molecular formula is C26H32N4O2. The molecule has 2 aromatic rings. The van der Waals surface area contributed by atoms with Crippen molar-refractivity contribution in [2.75, 3.05) is 56.6 Å². The van der Waals surface area contributed by atoms with Crippen LogP contribution in [0.2, 0.25) is 0 Å². The van der Waals surface area contributed by atoms with E-state index >= 15 is 0 Å². The molecular weight excluding hydrogens is 400 g/mol. The summed E-state index contributed by atoms with van der Waals surface area (Å²) in [4.78, 5) is 35.3. The maximum absolute atomic E-state index is 13.7. The van der Waals surface area contributed by atoms with Crippen molar-refractivity contribution in [3.05, 3.63) is 64.9 Å². The number of hydrogen-bond acceptors (Lipinski definition) is 5. The summed E-state index contributed by atoms with van der Waals surface area (Å²) in [6, 6.07) is 13.6. The molecule has 32 heavy (non-hydrogen) atoms. The SMILES string of the molecule is CCN1CCN(C2=C(c3ccc(C)cc3C)C(=O)N(c3ccc(N(C)C)cc3)C2=O)CC1. The Balaban J connectivity index is 1.78. The van der Waals surface area contributed by atoms with Gasteiger partial charge in [0.25, 0.3) is 11.8 Å². The number of piperazine rings is 1. The van der Waals surface area contributed by atoms with Gasteiger partial charge in [-0.25, -0.2) is 4.90 Å². The van der Waals surface area contributed by atoms with E-state index in [0.29, 0.717) is 17.0 Å². The third kappa shape index (κ3) is 3.91. The molecule has 0 aromatic heterocycles. The fourth-order valence-corrected chi connectivity index (χ4v) is 4.57. The normalized spacial score (nSPS) is 17.5. The Kier molecular flexibility index (Phi) is 6.07. The maximum atomic E-state index is 13.7. The van der Waals surface area contributed by atoms with Gasteiger partial charge in [-0.2, -0.15) is 0 Å². The van der Waals surface area contributed by atoms with Gasteiger partial charge in [-0.3, -0.25) is 9.59 Å². The van der Waals surface area contributed by atoms with Crippen molar-refractivity contribution in [1.82, 2.24) is 9.80 Å². The van der Waals surface area contributed by atoms with Crippen molar-refractivity contribution in [1.29, 1.82) is 0 Å². The lowest BCUT2D eigenvalue weighted by molar-refractivity contribution is -0.120. The summed E-state index contributed by atoms with van der Waals surface area (Å²) in [7, 11) is 3.93. The predicted molar refractivity (Wildman–Crippen MR) is 130 cm³/mol. The highest BCUT2D eigenvalue weighted by Crippen LogP contribution is 2.37. The Morgan fingerprint density at radius 2 is 1.53 bits per heavy atom. The first-order chi connectivity index (χ1) is 15.3. The molecule has 6 nitrogen and oxygen atoms in total. The third-order valence-electron chi connectivity index (χ3n) is 6.47. The van der Waals surface area contributed by atoms with E-state index in [-0.39, 0.29) is 11.8 Å². The minimum absolute atomic E-state index is 0.229. The maximum Gasteiger partial charge on any atom is 0.282 e.